The summed E-state index contributed by atoms with van der Waals surface area (Å²) in [5.74, 6) is -2.78. The van der Waals surface area contributed by atoms with Gasteiger partial charge < -0.3 is 4.74 Å². The average Bonchev–Trinajstić information content (AvgIpc) is 2.40. The standard InChI is InChI=1S/C14H12F2O3/c15-13(7-3-1-4-8-13)11(17)19-12(18)14(16)9-5-2-6-10-14/h1-7,9H,8,10H2. The molecular formula is C14H12F2O3. The first-order valence-corrected chi connectivity index (χ1v) is 5.80. The van der Waals surface area contributed by atoms with Crippen LogP contribution in [0.2, 0.25) is 0 Å². The zero-order valence-corrected chi connectivity index (χ0v) is 10.0. The lowest BCUT2D eigenvalue weighted by atomic mass is 9.96. The number of alkyl halides is 2. The Bertz CT molecular complexity index is 473. The number of carbonyl (C=O) groups is 2. The van der Waals surface area contributed by atoms with E-state index < -0.39 is 23.3 Å². The van der Waals surface area contributed by atoms with E-state index in [0.717, 1.165) is 12.2 Å². The lowest BCUT2D eigenvalue weighted by Gasteiger charge is -2.23. The summed E-state index contributed by atoms with van der Waals surface area (Å²) in [6.07, 6.45) is 10.2. The first kappa shape index (κ1) is 13.4. The summed E-state index contributed by atoms with van der Waals surface area (Å²) in [5, 5.41) is 0. The number of esters is 2. The third-order valence-corrected chi connectivity index (χ3v) is 2.91. The minimum Gasteiger partial charge on any atom is -0.388 e. The number of carbonyl (C=O) groups excluding carboxylic acids is 2. The van der Waals surface area contributed by atoms with Gasteiger partial charge in [0.2, 0.25) is 11.3 Å². The Balaban J connectivity index is 2.05. The van der Waals surface area contributed by atoms with Crippen molar-refractivity contribution in [3.05, 3.63) is 48.6 Å². The zero-order chi connectivity index (χ0) is 13.9. The van der Waals surface area contributed by atoms with Crippen LogP contribution in [0.1, 0.15) is 12.8 Å². The number of halogens is 2. The number of hydrogen-bond donors (Lipinski definition) is 0. The summed E-state index contributed by atoms with van der Waals surface area (Å²) in [5.41, 5.74) is -4.82. The van der Waals surface area contributed by atoms with Gasteiger partial charge in [0.15, 0.2) is 0 Å². The van der Waals surface area contributed by atoms with E-state index in [1.165, 1.54) is 24.3 Å². The molecule has 2 rings (SSSR count). The van der Waals surface area contributed by atoms with Crippen LogP contribution in [-0.4, -0.2) is 23.3 Å². The molecule has 0 heterocycles. The predicted molar refractivity (Wildman–Crippen MR) is 64.6 cm³/mol. The predicted octanol–water partition coefficient (Wildman–Crippen LogP) is 2.51. The van der Waals surface area contributed by atoms with E-state index in [0.29, 0.717) is 0 Å². The van der Waals surface area contributed by atoms with Crippen molar-refractivity contribution in [1.29, 1.82) is 0 Å². The molecule has 0 radical (unpaired) electrons. The van der Waals surface area contributed by atoms with E-state index >= 15 is 0 Å². The SMILES string of the molecule is O=C(OC(=O)C1(F)C=CC=CC1)C1(F)C=CC=CC1. The van der Waals surface area contributed by atoms with Gasteiger partial charge in [-0.15, -0.1) is 0 Å². The van der Waals surface area contributed by atoms with Gasteiger partial charge in [-0.05, 0) is 12.2 Å². The maximum absolute atomic E-state index is 14.1. The van der Waals surface area contributed by atoms with Gasteiger partial charge in [-0.3, -0.25) is 0 Å². The minimum atomic E-state index is -2.41. The van der Waals surface area contributed by atoms with Crippen LogP contribution in [0.25, 0.3) is 0 Å². The topological polar surface area (TPSA) is 43.4 Å². The molecule has 2 aliphatic rings. The molecule has 2 aliphatic carbocycles. The molecule has 0 bridgehead atoms. The van der Waals surface area contributed by atoms with Crippen molar-refractivity contribution >= 4 is 11.9 Å². The second-order valence-corrected chi connectivity index (χ2v) is 4.38. The number of rotatable bonds is 2. The van der Waals surface area contributed by atoms with Crippen molar-refractivity contribution in [1.82, 2.24) is 0 Å². The zero-order valence-electron chi connectivity index (χ0n) is 10.0. The fraction of sp³-hybridized carbons (Fsp3) is 0.286. The highest BCUT2D eigenvalue weighted by Crippen LogP contribution is 2.28. The number of ether oxygens (including phenoxy) is 1. The van der Waals surface area contributed by atoms with Gasteiger partial charge in [0.25, 0.3) is 0 Å². The molecule has 0 saturated carbocycles. The molecule has 3 nitrogen and oxygen atoms in total. The Hall–Kier alpha value is -2.04. The Labute approximate surface area is 108 Å². The van der Waals surface area contributed by atoms with E-state index in [4.69, 9.17) is 0 Å². The van der Waals surface area contributed by atoms with Gasteiger partial charge in [0.1, 0.15) is 0 Å². The fourth-order valence-electron chi connectivity index (χ4n) is 1.75. The second-order valence-electron chi connectivity index (χ2n) is 4.38. The van der Waals surface area contributed by atoms with Crippen molar-refractivity contribution in [2.45, 2.75) is 24.2 Å². The summed E-state index contributed by atoms with van der Waals surface area (Å²) in [6.45, 7) is 0. The van der Waals surface area contributed by atoms with Crippen molar-refractivity contribution in [2.24, 2.45) is 0 Å². The smallest absolute Gasteiger partial charge is 0.356 e. The molecule has 0 aliphatic heterocycles. The van der Waals surface area contributed by atoms with Crippen LogP contribution in [0.15, 0.2) is 48.6 Å². The second kappa shape index (κ2) is 4.91. The maximum Gasteiger partial charge on any atom is 0.356 e. The van der Waals surface area contributed by atoms with E-state index in [1.54, 1.807) is 12.2 Å². The largest absolute Gasteiger partial charge is 0.388 e. The summed E-state index contributed by atoms with van der Waals surface area (Å²) in [7, 11) is 0. The van der Waals surface area contributed by atoms with Gasteiger partial charge in [-0.25, -0.2) is 18.4 Å². The third-order valence-electron chi connectivity index (χ3n) is 2.91. The summed E-state index contributed by atoms with van der Waals surface area (Å²) in [6, 6.07) is 0. The van der Waals surface area contributed by atoms with Crippen molar-refractivity contribution in [3.8, 4) is 0 Å². The summed E-state index contributed by atoms with van der Waals surface area (Å²) in [4.78, 5) is 23.2. The molecule has 100 valence electrons. The lowest BCUT2D eigenvalue weighted by Crippen LogP contribution is -2.41. The fourth-order valence-corrected chi connectivity index (χ4v) is 1.75. The highest BCUT2D eigenvalue weighted by Gasteiger charge is 2.44. The molecule has 0 aromatic heterocycles. The van der Waals surface area contributed by atoms with Crippen LogP contribution in [0.5, 0.6) is 0 Å². The van der Waals surface area contributed by atoms with Crippen LogP contribution in [-0.2, 0) is 14.3 Å². The first-order chi connectivity index (χ1) is 8.96. The summed E-state index contributed by atoms with van der Waals surface area (Å²) < 4.78 is 32.5. The van der Waals surface area contributed by atoms with Gasteiger partial charge in [-0.1, -0.05) is 36.5 Å². The van der Waals surface area contributed by atoms with Gasteiger partial charge in [0, 0.05) is 12.8 Å². The van der Waals surface area contributed by atoms with Gasteiger partial charge in [-0.2, -0.15) is 0 Å². The minimum absolute atomic E-state index is 0.232. The highest BCUT2D eigenvalue weighted by atomic mass is 19.1. The van der Waals surface area contributed by atoms with E-state index in [9.17, 15) is 18.4 Å². The van der Waals surface area contributed by atoms with Crippen LogP contribution >= 0.6 is 0 Å². The molecule has 0 amide bonds. The molecule has 2 atom stereocenters. The van der Waals surface area contributed by atoms with Crippen molar-refractivity contribution in [3.63, 3.8) is 0 Å². The first-order valence-electron chi connectivity index (χ1n) is 5.80. The Kier molecular flexibility index (Phi) is 3.46. The normalized spacial score (nSPS) is 32.3. The van der Waals surface area contributed by atoms with E-state index in [2.05, 4.69) is 4.74 Å². The third kappa shape index (κ3) is 2.70. The molecule has 0 aromatic rings. The molecule has 0 saturated heterocycles. The molecule has 0 N–H and O–H groups in total. The van der Waals surface area contributed by atoms with Crippen LogP contribution in [0, 0.1) is 0 Å². The average molecular weight is 266 g/mol. The van der Waals surface area contributed by atoms with Gasteiger partial charge in [0.05, 0.1) is 0 Å². The quantitative estimate of drug-likeness (QED) is 0.569. The van der Waals surface area contributed by atoms with E-state index in [-0.39, 0.29) is 12.8 Å². The van der Waals surface area contributed by atoms with Crippen LogP contribution < -0.4 is 0 Å². The molecular weight excluding hydrogens is 254 g/mol. The molecule has 5 heteroatoms. The molecule has 2 unspecified atom stereocenters. The molecule has 19 heavy (non-hydrogen) atoms. The van der Waals surface area contributed by atoms with Crippen molar-refractivity contribution in [2.75, 3.05) is 0 Å². The van der Waals surface area contributed by atoms with Crippen molar-refractivity contribution < 1.29 is 23.1 Å². The van der Waals surface area contributed by atoms with E-state index in [1.807, 2.05) is 0 Å². The van der Waals surface area contributed by atoms with Crippen LogP contribution in [0.3, 0.4) is 0 Å². The Morgan fingerprint density at radius 1 is 0.842 bits per heavy atom. The Morgan fingerprint density at radius 3 is 1.58 bits per heavy atom. The highest BCUT2D eigenvalue weighted by molar-refractivity contribution is 5.96. The molecule has 0 spiro atoms. The molecule has 0 fully saturated rings. The maximum atomic E-state index is 14.1. The Morgan fingerprint density at radius 2 is 1.26 bits per heavy atom. The van der Waals surface area contributed by atoms with Gasteiger partial charge >= 0.3 is 11.9 Å². The molecule has 0 aromatic carbocycles. The monoisotopic (exact) mass is 266 g/mol. The number of hydrogen-bond acceptors (Lipinski definition) is 3. The van der Waals surface area contributed by atoms with Crippen LogP contribution in [0.4, 0.5) is 8.78 Å². The number of allylic oxidation sites excluding steroid dienone is 6. The lowest BCUT2D eigenvalue weighted by molar-refractivity contribution is -0.172. The summed E-state index contributed by atoms with van der Waals surface area (Å²) >= 11 is 0.